The Balaban J connectivity index is 1.96. The van der Waals surface area contributed by atoms with Crippen LogP contribution in [-0.2, 0) is 4.79 Å². The highest BCUT2D eigenvalue weighted by molar-refractivity contribution is 9.10. The van der Waals surface area contributed by atoms with Gasteiger partial charge in [-0.15, -0.1) is 0 Å². The highest BCUT2D eigenvalue weighted by Crippen LogP contribution is 2.18. The van der Waals surface area contributed by atoms with E-state index >= 15 is 0 Å². The molecule has 0 bridgehead atoms. The number of carbonyl (C=O) groups is 1. The molecule has 2 atom stereocenters. The Morgan fingerprint density at radius 3 is 2.79 bits per heavy atom. The van der Waals surface area contributed by atoms with Crippen LogP contribution in [0.4, 0.5) is 0 Å². The maximum absolute atomic E-state index is 12.3. The first-order chi connectivity index (χ1) is 9.08. The lowest BCUT2D eigenvalue weighted by Crippen LogP contribution is -2.55. The first-order valence-electron chi connectivity index (χ1n) is 6.51. The molecule has 2 unspecified atom stereocenters. The number of ether oxygens (including phenoxy) is 1. The number of nitrogens with zero attached hydrogens (tertiary/aromatic N) is 1. The number of carbonyl (C=O) groups excluding carboxylic acids is 1. The molecular weight excluding hydrogens is 308 g/mol. The molecule has 0 aliphatic carbocycles. The van der Waals surface area contributed by atoms with Gasteiger partial charge in [0.25, 0.3) is 5.91 Å². The van der Waals surface area contributed by atoms with Gasteiger partial charge in [-0.05, 0) is 38.1 Å². The smallest absolute Gasteiger partial charge is 0.263 e. The van der Waals surface area contributed by atoms with Crippen molar-refractivity contribution in [1.82, 2.24) is 10.2 Å². The number of hydrogen-bond donors (Lipinski definition) is 1. The predicted molar refractivity (Wildman–Crippen MR) is 78.3 cm³/mol. The van der Waals surface area contributed by atoms with E-state index in [-0.39, 0.29) is 11.9 Å². The quantitative estimate of drug-likeness (QED) is 0.924. The van der Waals surface area contributed by atoms with Crippen molar-refractivity contribution in [3.05, 3.63) is 28.7 Å². The molecule has 1 N–H and O–H groups in total. The van der Waals surface area contributed by atoms with Gasteiger partial charge in [0.1, 0.15) is 5.75 Å². The van der Waals surface area contributed by atoms with Crippen molar-refractivity contribution < 1.29 is 9.53 Å². The summed E-state index contributed by atoms with van der Waals surface area (Å²) in [5.41, 5.74) is 0. The lowest BCUT2D eigenvalue weighted by atomic mass is 10.2. The lowest BCUT2D eigenvalue weighted by Gasteiger charge is -2.35. The maximum atomic E-state index is 12.3. The summed E-state index contributed by atoms with van der Waals surface area (Å²) in [4.78, 5) is 14.2. The van der Waals surface area contributed by atoms with Crippen molar-refractivity contribution in [3.63, 3.8) is 0 Å². The number of benzene rings is 1. The van der Waals surface area contributed by atoms with Gasteiger partial charge in [-0.1, -0.05) is 15.9 Å². The van der Waals surface area contributed by atoms with E-state index in [4.69, 9.17) is 4.74 Å². The largest absolute Gasteiger partial charge is 0.481 e. The lowest BCUT2D eigenvalue weighted by molar-refractivity contribution is -0.140. The molecular formula is C14H19BrN2O2. The maximum Gasteiger partial charge on any atom is 0.263 e. The fraction of sp³-hybridized carbons (Fsp3) is 0.500. The van der Waals surface area contributed by atoms with Crippen LogP contribution >= 0.6 is 15.9 Å². The molecule has 1 heterocycles. The van der Waals surface area contributed by atoms with Gasteiger partial charge in [-0.3, -0.25) is 4.79 Å². The summed E-state index contributed by atoms with van der Waals surface area (Å²) in [5.74, 6) is 0.767. The Kier molecular flexibility index (Phi) is 4.82. The molecule has 19 heavy (non-hydrogen) atoms. The van der Waals surface area contributed by atoms with Crippen molar-refractivity contribution in [2.24, 2.45) is 0 Å². The minimum absolute atomic E-state index is 0.0527. The van der Waals surface area contributed by atoms with Gasteiger partial charge in [0.15, 0.2) is 6.10 Å². The van der Waals surface area contributed by atoms with Gasteiger partial charge in [-0.25, -0.2) is 0 Å². The zero-order valence-corrected chi connectivity index (χ0v) is 12.8. The zero-order chi connectivity index (χ0) is 13.8. The van der Waals surface area contributed by atoms with E-state index in [9.17, 15) is 4.79 Å². The summed E-state index contributed by atoms with van der Waals surface area (Å²) in [6.07, 6.45) is -0.457. The Labute approximate surface area is 122 Å². The molecule has 2 rings (SSSR count). The minimum atomic E-state index is -0.457. The molecule has 1 aromatic rings. The SMILES string of the molecule is CC(Oc1ccc(Br)cc1)C(=O)N1CCNCC1C. The highest BCUT2D eigenvalue weighted by atomic mass is 79.9. The van der Waals surface area contributed by atoms with E-state index in [2.05, 4.69) is 28.2 Å². The molecule has 0 spiro atoms. The summed E-state index contributed by atoms with van der Waals surface area (Å²) < 4.78 is 6.70. The highest BCUT2D eigenvalue weighted by Gasteiger charge is 2.27. The van der Waals surface area contributed by atoms with Gasteiger partial charge in [-0.2, -0.15) is 0 Å². The van der Waals surface area contributed by atoms with Crippen LogP contribution in [0.15, 0.2) is 28.7 Å². The molecule has 104 valence electrons. The van der Waals surface area contributed by atoms with E-state index in [0.717, 1.165) is 24.1 Å². The Hall–Kier alpha value is -1.07. The normalized spacial score (nSPS) is 21.0. The first kappa shape index (κ1) is 14.3. The van der Waals surface area contributed by atoms with Gasteiger partial charge >= 0.3 is 0 Å². The van der Waals surface area contributed by atoms with E-state index in [1.165, 1.54) is 0 Å². The van der Waals surface area contributed by atoms with Gasteiger partial charge in [0, 0.05) is 30.1 Å². The number of piperazine rings is 1. The molecule has 1 fully saturated rings. The molecule has 1 aliphatic heterocycles. The summed E-state index contributed by atoms with van der Waals surface area (Å²) in [5, 5.41) is 3.27. The number of nitrogens with one attached hydrogen (secondary N) is 1. The Bertz CT molecular complexity index is 436. The van der Waals surface area contributed by atoms with E-state index in [1.807, 2.05) is 29.2 Å². The Morgan fingerprint density at radius 2 is 2.16 bits per heavy atom. The fourth-order valence-corrected chi connectivity index (χ4v) is 2.43. The van der Waals surface area contributed by atoms with Gasteiger partial charge < -0.3 is 15.0 Å². The van der Waals surface area contributed by atoms with Crippen LogP contribution in [-0.4, -0.2) is 42.6 Å². The third-order valence-corrected chi connectivity index (χ3v) is 3.79. The molecule has 1 saturated heterocycles. The average molecular weight is 327 g/mol. The second-order valence-electron chi connectivity index (χ2n) is 4.80. The van der Waals surface area contributed by atoms with Crippen molar-refractivity contribution >= 4 is 21.8 Å². The fourth-order valence-electron chi connectivity index (χ4n) is 2.17. The van der Waals surface area contributed by atoms with Crippen LogP contribution in [0, 0.1) is 0 Å². The van der Waals surface area contributed by atoms with Crippen LogP contribution in [0.5, 0.6) is 5.75 Å². The van der Waals surface area contributed by atoms with Crippen LogP contribution in [0.3, 0.4) is 0 Å². The van der Waals surface area contributed by atoms with E-state index < -0.39 is 6.10 Å². The second kappa shape index (κ2) is 6.39. The summed E-state index contributed by atoms with van der Waals surface area (Å²) >= 11 is 3.37. The second-order valence-corrected chi connectivity index (χ2v) is 5.71. The molecule has 5 heteroatoms. The van der Waals surface area contributed by atoms with Crippen LogP contribution in [0.2, 0.25) is 0 Å². The van der Waals surface area contributed by atoms with Crippen molar-refractivity contribution in [2.75, 3.05) is 19.6 Å². The summed E-state index contributed by atoms with van der Waals surface area (Å²) in [6, 6.07) is 7.74. The van der Waals surface area contributed by atoms with Gasteiger partial charge in [0.05, 0.1) is 0 Å². The number of halogens is 1. The third-order valence-electron chi connectivity index (χ3n) is 3.26. The summed E-state index contributed by atoms with van der Waals surface area (Å²) in [6.45, 7) is 6.29. The molecule has 1 amide bonds. The van der Waals surface area contributed by atoms with Crippen molar-refractivity contribution in [1.29, 1.82) is 0 Å². The van der Waals surface area contributed by atoms with Crippen molar-refractivity contribution in [3.8, 4) is 5.75 Å². The van der Waals surface area contributed by atoms with Crippen LogP contribution in [0.25, 0.3) is 0 Å². The van der Waals surface area contributed by atoms with Crippen molar-refractivity contribution in [2.45, 2.75) is 26.0 Å². The monoisotopic (exact) mass is 326 g/mol. The molecule has 1 aromatic carbocycles. The number of rotatable bonds is 3. The van der Waals surface area contributed by atoms with E-state index in [0.29, 0.717) is 5.75 Å². The summed E-state index contributed by atoms with van der Waals surface area (Å²) in [7, 11) is 0. The van der Waals surface area contributed by atoms with Crippen LogP contribution < -0.4 is 10.1 Å². The number of hydrogen-bond acceptors (Lipinski definition) is 3. The molecule has 0 radical (unpaired) electrons. The molecule has 0 saturated carbocycles. The topological polar surface area (TPSA) is 41.6 Å². The Morgan fingerprint density at radius 1 is 1.47 bits per heavy atom. The average Bonchev–Trinajstić information content (AvgIpc) is 2.41. The predicted octanol–water partition coefficient (Wildman–Crippen LogP) is 2.04. The molecule has 1 aliphatic rings. The standard InChI is InChI=1S/C14H19BrN2O2/c1-10-9-16-7-8-17(10)14(18)11(2)19-13-5-3-12(15)4-6-13/h3-6,10-11,16H,7-9H2,1-2H3. The first-order valence-corrected chi connectivity index (χ1v) is 7.30. The third kappa shape index (κ3) is 3.70. The van der Waals surface area contributed by atoms with E-state index in [1.54, 1.807) is 6.92 Å². The minimum Gasteiger partial charge on any atom is -0.481 e. The van der Waals surface area contributed by atoms with Gasteiger partial charge in [0.2, 0.25) is 0 Å². The number of amides is 1. The zero-order valence-electron chi connectivity index (χ0n) is 11.2. The molecule has 4 nitrogen and oxygen atoms in total. The van der Waals surface area contributed by atoms with Crippen LogP contribution in [0.1, 0.15) is 13.8 Å². The molecule has 0 aromatic heterocycles.